The molecule has 1 saturated heterocycles. The first kappa shape index (κ1) is 16.1. The molecule has 0 saturated carbocycles. The topological polar surface area (TPSA) is 57.0 Å². The maximum absolute atomic E-state index is 6.06. The number of nitrogens with zero attached hydrogens (tertiary/aromatic N) is 1. The van der Waals surface area contributed by atoms with Crippen molar-refractivity contribution in [3.8, 4) is 11.5 Å². The van der Waals surface area contributed by atoms with Gasteiger partial charge < -0.3 is 19.9 Å². The third kappa shape index (κ3) is 3.48. The Kier molecular flexibility index (Phi) is 5.45. The van der Waals surface area contributed by atoms with Gasteiger partial charge in [0.05, 0.1) is 32.5 Å². The highest BCUT2D eigenvalue weighted by Gasteiger charge is 2.30. The molecule has 1 aromatic carbocycles. The molecule has 0 bridgehead atoms. The van der Waals surface area contributed by atoms with Crippen molar-refractivity contribution < 1.29 is 14.2 Å². The van der Waals surface area contributed by atoms with Crippen LogP contribution in [-0.4, -0.2) is 51.0 Å². The molecule has 0 aliphatic carbocycles. The van der Waals surface area contributed by atoms with Gasteiger partial charge in [-0.15, -0.1) is 0 Å². The van der Waals surface area contributed by atoms with Crippen LogP contribution in [0.4, 0.5) is 0 Å². The number of nitrogens with two attached hydrogens (primary N) is 1. The van der Waals surface area contributed by atoms with E-state index in [1.54, 1.807) is 14.2 Å². The lowest BCUT2D eigenvalue weighted by Gasteiger charge is -2.40. The fourth-order valence-electron chi connectivity index (χ4n) is 3.12. The molecule has 2 N–H and O–H groups in total. The number of methoxy groups -OCH3 is 2. The number of ether oxygens (including phenoxy) is 3. The summed E-state index contributed by atoms with van der Waals surface area (Å²) in [5.74, 6) is 1.50. The first-order valence-electron chi connectivity index (χ1n) is 7.41. The van der Waals surface area contributed by atoms with Crippen molar-refractivity contribution in [1.29, 1.82) is 0 Å². The summed E-state index contributed by atoms with van der Waals surface area (Å²) in [5.41, 5.74) is 7.13. The fourth-order valence-corrected chi connectivity index (χ4v) is 3.12. The number of hydrogen-bond donors (Lipinski definition) is 1. The molecule has 0 radical (unpaired) electrons. The van der Waals surface area contributed by atoms with Crippen LogP contribution < -0.4 is 15.2 Å². The van der Waals surface area contributed by atoms with E-state index in [1.807, 2.05) is 12.1 Å². The van der Waals surface area contributed by atoms with Gasteiger partial charge in [-0.1, -0.05) is 12.1 Å². The first-order chi connectivity index (χ1) is 10.1. The van der Waals surface area contributed by atoms with E-state index in [-0.39, 0.29) is 18.2 Å². The summed E-state index contributed by atoms with van der Waals surface area (Å²) >= 11 is 0. The standard InChI is InChI=1S/C16H26N2O3/c1-11-9-18(10-12(2)21-11)14(8-17)13-6-5-7-15(19-3)16(13)20-4/h5-7,11-12,14H,8-10,17H2,1-4H3/t11-,12+,14?. The molecule has 0 amide bonds. The van der Waals surface area contributed by atoms with Gasteiger partial charge in [0, 0.05) is 25.2 Å². The monoisotopic (exact) mass is 294 g/mol. The molecule has 1 unspecified atom stereocenters. The molecule has 3 atom stereocenters. The van der Waals surface area contributed by atoms with Crippen molar-refractivity contribution in [2.45, 2.75) is 32.1 Å². The minimum Gasteiger partial charge on any atom is -0.493 e. The zero-order chi connectivity index (χ0) is 15.4. The SMILES string of the molecule is COc1cccc(C(CN)N2C[C@@H](C)O[C@@H](C)C2)c1OC. The van der Waals surface area contributed by atoms with Crippen molar-refractivity contribution in [2.75, 3.05) is 33.9 Å². The van der Waals surface area contributed by atoms with E-state index in [0.29, 0.717) is 6.54 Å². The van der Waals surface area contributed by atoms with E-state index < -0.39 is 0 Å². The molecule has 1 aliphatic rings. The number of rotatable bonds is 5. The minimum atomic E-state index is 0.101. The molecule has 1 aliphatic heterocycles. The predicted molar refractivity (Wildman–Crippen MR) is 82.9 cm³/mol. The number of benzene rings is 1. The van der Waals surface area contributed by atoms with E-state index in [9.17, 15) is 0 Å². The maximum Gasteiger partial charge on any atom is 0.165 e. The molecule has 21 heavy (non-hydrogen) atoms. The second kappa shape index (κ2) is 7.11. The van der Waals surface area contributed by atoms with Crippen molar-refractivity contribution >= 4 is 0 Å². The van der Waals surface area contributed by atoms with Gasteiger partial charge in [0.2, 0.25) is 0 Å². The maximum atomic E-state index is 6.06. The van der Waals surface area contributed by atoms with Crippen molar-refractivity contribution in [1.82, 2.24) is 4.90 Å². The Bertz CT molecular complexity index is 457. The van der Waals surface area contributed by atoms with Crippen molar-refractivity contribution in [2.24, 2.45) is 5.73 Å². The predicted octanol–water partition coefficient (Wildman–Crippen LogP) is 1.81. The highest BCUT2D eigenvalue weighted by Crippen LogP contribution is 2.37. The summed E-state index contributed by atoms with van der Waals surface area (Å²) in [6.07, 6.45) is 0.416. The minimum absolute atomic E-state index is 0.101. The molecular formula is C16H26N2O3. The molecule has 2 rings (SSSR count). The third-order valence-electron chi connectivity index (χ3n) is 3.90. The molecule has 0 aromatic heterocycles. The molecule has 1 fully saturated rings. The number of hydrogen-bond acceptors (Lipinski definition) is 5. The summed E-state index contributed by atoms with van der Waals surface area (Å²) in [7, 11) is 3.32. The summed E-state index contributed by atoms with van der Waals surface area (Å²) in [4.78, 5) is 2.37. The zero-order valence-corrected chi connectivity index (χ0v) is 13.3. The third-order valence-corrected chi connectivity index (χ3v) is 3.90. The van der Waals surface area contributed by atoms with Gasteiger partial charge in [-0.2, -0.15) is 0 Å². The van der Waals surface area contributed by atoms with Gasteiger partial charge in [-0.05, 0) is 19.9 Å². The fraction of sp³-hybridized carbons (Fsp3) is 0.625. The van der Waals surface area contributed by atoms with Crippen LogP contribution in [0.25, 0.3) is 0 Å². The molecule has 5 nitrogen and oxygen atoms in total. The van der Waals surface area contributed by atoms with Gasteiger partial charge in [-0.25, -0.2) is 0 Å². The van der Waals surface area contributed by atoms with Gasteiger partial charge in [-0.3, -0.25) is 4.90 Å². The number of morpholine rings is 1. The second-order valence-corrected chi connectivity index (χ2v) is 5.55. The van der Waals surface area contributed by atoms with Crippen LogP contribution in [0.15, 0.2) is 18.2 Å². The highest BCUT2D eigenvalue weighted by molar-refractivity contribution is 5.48. The number of para-hydroxylation sites is 1. The Morgan fingerprint density at radius 1 is 1.24 bits per heavy atom. The average molecular weight is 294 g/mol. The lowest BCUT2D eigenvalue weighted by atomic mass is 10.0. The van der Waals surface area contributed by atoms with Crippen LogP contribution in [0.2, 0.25) is 0 Å². The highest BCUT2D eigenvalue weighted by atomic mass is 16.5. The van der Waals surface area contributed by atoms with Crippen LogP contribution in [0.1, 0.15) is 25.5 Å². The Morgan fingerprint density at radius 3 is 2.43 bits per heavy atom. The Hall–Kier alpha value is -1.30. The van der Waals surface area contributed by atoms with Gasteiger partial charge >= 0.3 is 0 Å². The molecule has 1 heterocycles. The zero-order valence-electron chi connectivity index (χ0n) is 13.3. The molecule has 118 valence electrons. The van der Waals surface area contributed by atoms with Crippen molar-refractivity contribution in [3.05, 3.63) is 23.8 Å². The van der Waals surface area contributed by atoms with Crippen LogP contribution in [0, 0.1) is 0 Å². The molecular weight excluding hydrogens is 268 g/mol. The van der Waals surface area contributed by atoms with E-state index >= 15 is 0 Å². The molecule has 0 spiro atoms. The lowest BCUT2D eigenvalue weighted by molar-refractivity contribution is -0.0801. The van der Waals surface area contributed by atoms with Gasteiger partial charge in [0.15, 0.2) is 11.5 Å². The summed E-state index contributed by atoms with van der Waals surface area (Å²) in [5, 5.41) is 0. The van der Waals surface area contributed by atoms with Gasteiger partial charge in [0.25, 0.3) is 0 Å². The van der Waals surface area contributed by atoms with Gasteiger partial charge in [0.1, 0.15) is 0 Å². The molecule has 1 aromatic rings. The first-order valence-corrected chi connectivity index (χ1v) is 7.41. The normalized spacial score (nSPS) is 24.6. The lowest BCUT2D eigenvalue weighted by Crippen LogP contribution is -2.48. The van der Waals surface area contributed by atoms with Crippen molar-refractivity contribution in [3.63, 3.8) is 0 Å². The molecule has 5 heteroatoms. The second-order valence-electron chi connectivity index (χ2n) is 5.55. The van der Waals surface area contributed by atoms with E-state index in [4.69, 9.17) is 19.9 Å². The quantitative estimate of drug-likeness (QED) is 0.897. The van der Waals surface area contributed by atoms with Crippen LogP contribution >= 0.6 is 0 Å². The smallest absolute Gasteiger partial charge is 0.165 e. The summed E-state index contributed by atoms with van der Waals surface area (Å²) in [6, 6.07) is 6.04. The van der Waals surface area contributed by atoms with Crippen LogP contribution in [-0.2, 0) is 4.74 Å². The van der Waals surface area contributed by atoms with Crippen LogP contribution in [0.3, 0.4) is 0 Å². The van der Waals surface area contributed by atoms with Crippen LogP contribution in [0.5, 0.6) is 11.5 Å². The largest absolute Gasteiger partial charge is 0.493 e. The summed E-state index contributed by atoms with van der Waals surface area (Å²) < 4.78 is 16.8. The summed E-state index contributed by atoms with van der Waals surface area (Å²) in [6.45, 7) is 6.46. The Balaban J connectivity index is 2.32. The van der Waals surface area contributed by atoms with E-state index in [0.717, 1.165) is 30.2 Å². The van der Waals surface area contributed by atoms with E-state index in [2.05, 4.69) is 24.8 Å². The Labute approximate surface area is 127 Å². The Morgan fingerprint density at radius 2 is 1.90 bits per heavy atom. The average Bonchev–Trinajstić information content (AvgIpc) is 2.46. The van der Waals surface area contributed by atoms with E-state index in [1.165, 1.54) is 0 Å².